The van der Waals surface area contributed by atoms with Crippen LogP contribution >= 0.6 is 0 Å². The van der Waals surface area contributed by atoms with Crippen LogP contribution in [0.15, 0.2) is 48.5 Å². The predicted molar refractivity (Wildman–Crippen MR) is 103 cm³/mol. The maximum atomic E-state index is 13.1. The van der Waals surface area contributed by atoms with Gasteiger partial charge in [-0.25, -0.2) is 12.8 Å². The smallest absolute Gasteiger partial charge is 0.258 e. The Morgan fingerprint density at radius 3 is 2.22 bits per heavy atom. The Morgan fingerprint density at radius 2 is 1.70 bits per heavy atom. The van der Waals surface area contributed by atoms with Gasteiger partial charge in [0.1, 0.15) is 11.6 Å². The number of hydrogen-bond donors (Lipinski definition) is 1. The van der Waals surface area contributed by atoms with Crippen molar-refractivity contribution in [2.45, 2.75) is 26.4 Å². The molecular formula is C19H23FN2O4S. The van der Waals surface area contributed by atoms with Gasteiger partial charge in [-0.1, -0.05) is 12.1 Å². The number of hydrogen-bond acceptors (Lipinski definition) is 4. The summed E-state index contributed by atoms with van der Waals surface area (Å²) in [6, 6.07) is 12.1. The zero-order valence-corrected chi connectivity index (χ0v) is 16.3. The van der Waals surface area contributed by atoms with Gasteiger partial charge in [-0.15, -0.1) is 0 Å². The summed E-state index contributed by atoms with van der Waals surface area (Å²) in [5.41, 5.74) is 1.10. The third-order valence-corrected chi connectivity index (χ3v) is 4.72. The van der Waals surface area contributed by atoms with E-state index < -0.39 is 10.0 Å². The first-order valence-electron chi connectivity index (χ1n) is 8.39. The number of nitrogens with zero attached hydrogens (tertiary/aromatic N) is 1. The Labute approximate surface area is 159 Å². The standard InChI is InChI=1S/C19H23FN2O4S/c1-14(2)21-19(23)13-26-18-10-8-17(9-11-18)22(27(3,24)25)12-15-4-6-16(20)7-5-15/h4-11,14H,12-13H2,1-3H3,(H,21,23). The number of anilines is 1. The van der Waals surface area contributed by atoms with E-state index in [1.165, 1.54) is 16.4 Å². The number of sulfonamides is 1. The lowest BCUT2D eigenvalue weighted by Crippen LogP contribution is -2.34. The Balaban J connectivity index is 2.10. The fourth-order valence-electron chi connectivity index (χ4n) is 2.38. The van der Waals surface area contributed by atoms with Crippen LogP contribution in [0.1, 0.15) is 19.4 Å². The zero-order chi connectivity index (χ0) is 20.0. The molecule has 6 nitrogen and oxygen atoms in total. The van der Waals surface area contributed by atoms with Crippen LogP contribution in [0.25, 0.3) is 0 Å². The molecule has 0 radical (unpaired) electrons. The molecule has 0 saturated carbocycles. The number of amides is 1. The lowest BCUT2D eigenvalue weighted by molar-refractivity contribution is -0.123. The summed E-state index contributed by atoms with van der Waals surface area (Å²) in [5, 5.41) is 2.72. The SMILES string of the molecule is CC(C)NC(=O)COc1ccc(N(Cc2ccc(F)cc2)S(C)(=O)=O)cc1. The topological polar surface area (TPSA) is 75.7 Å². The van der Waals surface area contributed by atoms with E-state index in [9.17, 15) is 17.6 Å². The highest BCUT2D eigenvalue weighted by Gasteiger charge is 2.18. The van der Waals surface area contributed by atoms with Crippen molar-refractivity contribution in [3.8, 4) is 5.75 Å². The molecule has 0 fully saturated rings. The number of ether oxygens (including phenoxy) is 1. The van der Waals surface area contributed by atoms with Crippen LogP contribution in [0.4, 0.5) is 10.1 Å². The van der Waals surface area contributed by atoms with Crippen molar-refractivity contribution in [2.75, 3.05) is 17.2 Å². The molecule has 27 heavy (non-hydrogen) atoms. The van der Waals surface area contributed by atoms with Crippen molar-refractivity contribution in [3.63, 3.8) is 0 Å². The Bertz CT molecular complexity index is 866. The Morgan fingerprint density at radius 1 is 1.11 bits per heavy atom. The number of halogens is 1. The van der Waals surface area contributed by atoms with Crippen LogP contribution in [0.2, 0.25) is 0 Å². The lowest BCUT2D eigenvalue weighted by atomic mass is 10.2. The van der Waals surface area contributed by atoms with Gasteiger partial charge >= 0.3 is 0 Å². The number of carbonyl (C=O) groups is 1. The Kier molecular flexibility index (Phi) is 6.79. The van der Waals surface area contributed by atoms with Crippen LogP contribution in [0, 0.1) is 5.82 Å². The number of rotatable bonds is 8. The molecule has 2 rings (SSSR count). The van der Waals surface area contributed by atoms with Gasteiger partial charge in [0.25, 0.3) is 5.91 Å². The first-order chi connectivity index (χ1) is 12.6. The molecule has 0 atom stereocenters. The molecule has 146 valence electrons. The first-order valence-corrected chi connectivity index (χ1v) is 10.2. The average Bonchev–Trinajstić information content (AvgIpc) is 2.58. The molecule has 1 N–H and O–H groups in total. The molecule has 8 heteroatoms. The van der Waals surface area contributed by atoms with Gasteiger partial charge in [-0.05, 0) is 55.8 Å². The van der Waals surface area contributed by atoms with E-state index in [-0.39, 0.29) is 30.9 Å². The van der Waals surface area contributed by atoms with Gasteiger partial charge in [-0.2, -0.15) is 0 Å². The summed E-state index contributed by atoms with van der Waals surface area (Å²) in [7, 11) is -3.54. The normalized spacial score (nSPS) is 11.3. The maximum absolute atomic E-state index is 13.1. The van der Waals surface area contributed by atoms with Crippen LogP contribution in [0.3, 0.4) is 0 Å². The van der Waals surface area contributed by atoms with Gasteiger partial charge in [-0.3, -0.25) is 9.10 Å². The van der Waals surface area contributed by atoms with E-state index in [0.717, 1.165) is 6.26 Å². The molecule has 0 bridgehead atoms. The number of carbonyl (C=O) groups excluding carboxylic acids is 1. The highest BCUT2D eigenvalue weighted by molar-refractivity contribution is 7.92. The van der Waals surface area contributed by atoms with Crippen molar-refractivity contribution < 1.29 is 22.3 Å². The summed E-state index contributed by atoms with van der Waals surface area (Å²) in [6.07, 6.45) is 1.11. The molecule has 0 heterocycles. The van der Waals surface area contributed by atoms with Crippen molar-refractivity contribution in [1.82, 2.24) is 5.32 Å². The number of benzene rings is 2. The Hall–Kier alpha value is -2.61. The van der Waals surface area contributed by atoms with Gasteiger partial charge < -0.3 is 10.1 Å². The molecule has 0 aliphatic carbocycles. The highest BCUT2D eigenvalue weighted by Crippen LogP contribution is 2.23. The van der Waals surface area contributed by atoms with E-state index in [1.807, 2.05) is 13.8 Å². The van der Waals surface area contributed by atoms with E-state index in [4.69, 9.17) is 4.74 Å². The van der Waals surface area contributed by atoms with Gasteiger partial charge in [0.15, 0.2) is 6.61 Å². The second-order valence-corrected chi connectivity index (χ2v) is 8.31. The third kappa shape index (κ3) is 6.56. The van der Waals surface area contributed by atoms with Crippen molar-refractivity contribution >= 4 is 21.6 Å². The molecule has 0 aliphatic heterocycles. The average molecular weight is 394 g/mol. The molecule has 0 saturated heterocycles. The van der Waals surface area contributed by atoms with Gasteiger partial charge in [0, 0.05) is 6.04 Å². The fraction of sp³-hybridized carbons (Fsp3) is 0.316. The largest absolute Gasteiger partial charge is 0.484 e. The van der Waals surface area contributed by atoms with Crippen LogP contribution in [0.5, 0.6) is 5.75 Å². The summed E-state index contributed by atoms with van der Waals surface area (Å²) in [5.74, 6) is -0.163. The molecule has 2 aromatic rings. The monoisotopic (exact) mass is 394 g/mol. The molecule has 0 aliphatic rings. The van der Waals surface area contributed by atoms with E-state index in [1.54, 1.807) is 36.4 Å². The van der Waals surface area contributed by atoms with Crippen molar-refractivity contribution in [3.05, 3.63) is 59.9 Å². The summed E-state index contributed by atoms with van der Waals surface area (Å²) in [6.45, 7) is 3.67. The molecular weight excluding hydrogens is 371 g/mol. The summed E-state index contributed by atoms with van der Waals surface area (Å²) >= 11 is 0. The van der Waals surface area contributed by atoms with Crippen molar-refractivity contribution in [2.24, 2.45) is 0 Å². The third-order valence-electron chi connectivity index (χ3n) is 3.58. The summed E-state index contributed by atoms with van der Waals surface area (Å²) in [4.78, 5) is 11.6. The minimum absolute atomic E-state index is 0.0262. The van der Waals surface area contributed by atoms with Gasteiger partial charge in [0.05, 0.1) is 18.5 Å². The van der Waals surface area contributed by atoms with Gasteiger partial charge in [0.2, 0.25) is 10.0 Å². The summed E-state index contributed by atoms with van der Waals surface area (Å²) < 4.78 is 44.0. The second-order valence-electron chi connectivity index (χ2n) is 6.40. The van der Waals surface area contributed by atoms with Crippen molar-refractivity contribution in [1.29, 1.82) is 0 Å². The molecule has 0 aromatic heterocycles. The van der Waals surface area contributed by atoms with E-state index in [2.05, 4.69) is 5.32 Å². The first kappa shape index (κ1) is 20.7. The zero-order valence-electron chi connectivity index (χ0n) is 15.5. The predicted octanol–water partition coefficient (Wildman–Crippen LogP) is 2.70. The molecule has 0 unspecified atom stereocenters. The second kappa shape index (κ2) is 8.85. The van der Waals surface area contributed by atoms with Crippen LogP contribution < -0.4 is 14.4 Å². The molecule has 2 aromatic carbocycles. The molecule has 0 spiro atoms. The minimum Gasteiger partial charge on any atom is -0.484 e. The quantitative estimate of drug-likeness (QED) is 0.747. The molecule has 1 amide bonds. The van der Waals surface area contributed by atoms with E-state index >= 15 is 0 Å². The lowest BCUT2D eigenvalue weighted by Gasteiger charge is -2.23. The van der Waals surface area contributed by atoms with Crippen LogP contribution in [-0.2, 0) is 21.4 Å². The number of nitrogens with one attached hydrogen (secondary N) is 1. The fourth-order valence-corrected chi connectivity index (χ4v) is 3.27. The highest BCUT2D eigenvalue weighted by atomic mass is 32.2. The van der Waals surface area contributed by atoms with Crippen LogP contribution in [-0.4, -0.2) is 33.2 Å². The maximum Gasteiger partial charge on any atom is 0.258 e. The van der Waals surface area contributed by atoms with E-state index in [0.29, 0.717) is 17.0 Å². The minimum atomic E-state index is -3.54.